The predicted molar refractivity (Wildman–Crippen MR) is 71.4 cm³/mol. The third kappa shape index (κ3) is 2.77. The molecule has 2 nitrogen and oxygen atoms in total. The molecule has 0 aliphatic carbocycles. The molecular weight excluding hydrogens is 284 g/mol. The van der Waals surface area contributed by atoms with Gasteiger partial charge in [-0.05, 0) is 37.1 Å². The normalized spacial score (nSPS) is 12.5. The van der Waals surface area contributed by atoms with Gasteiger partial charge in [-0.15, -0.1) is 0 Å². The molecule has 0 saturated carbocycles. The molecule has 2 aromatic rings. The van der Waals surface area contributed by atoms with Gasteiger partial charge in [0.25, 0.3) is 0 Å². The van der Waals surface area contributed by atoms with Crippen LogP contribution in [-0.4, -0.2) is 0 Å². The van der Waals surface area contributed by atoms with Crippen LogP contribution >= 0.6 is 0 Å². The maximum atomic E-state index is 14.2. The summed E-state index contributed by atoms with van der Waals surface area (Å²) in [5.41, 5.74) is 2.02. The lowest BCUT2D eigenvalue weighted by Gasteiger charge is -2.20. The molecule has 0 heterocycles. The van der Waals surface area contributed by atoms with Gasteiger partial charge in [-0.25, -0.2) is 23.0 Å². The molecule has 112 valence electrons. The van der Waals surface area contributed by atoms with Gasteiger partial charge in [0.15, 0.2) is 0 Å². The van der Waals surface area contributed by atoms with Crippen molar-refractivity contribution in [1.82, 2.24) is 5.43 Å². The number of nitrogens with one attached hydrogen (secondary N) is 1. The van der Waals surface area contributed by atoms with E-state index in [1.165, 1.54) is 26.0 Å². The van der Waals surface area contributed by atoms with Gasteiger partial charge in [-0.1, -0.05) is 6.07 Å². The molecule has 0 fully saturated rings. The largest absolute Gasteiger partial charge is 0.271 e. The Labute approximate surface area is 119 Å². The smallest absolute Gasteiger partial charge is 0.134 e. The number of rotatable bonds is 3. The molecule has 0 spiro atoms. The minimum atomic E-state index is -1.26. The van der Waals surface area contributed by atoms with Crippen LogP contribution in [0.3, 0.4) is 0 Å². The Kier molecular flexibility index (Phi) is 4.29. The van der Waals surface area contributed by atoms with E-state index in [1.54, 1.807) is 0 Å². The Morgan fingerprint density at radius 2 is 1.57 bits per heavy atom. The van der Waals surface area contributed by atoms with Crippen molar-refractivity contribution in [3.8, 4) is 0 Å². The van der Waals surface area contributed by atoms with Gasteiger partial charge in [0.05, 0.1) is 6.04 Å². The summed E-state index contributed by atoms with van der Waals surface area (Å²) in [5, 5.41) is 0. The van der Waals surface area contributed by atoms with E-state index in [0.717, 1.165) is 6.07 Å². The number of hydrazine groups is 1. The molecule has 1 unspecified atom stereocenters. The summed E-state index contributed by atoms with van der Waals surface area (Å²) in [6.45, 7) is 2.88. The first-order valence-electron chi connectivity index (χ1n) is 6.23. The number of benzene rings is 2. The number of halogens is 4. The van der Waals surface area contributed by atoms with Crippen molar-refractivity contribution >= 4 is 0 Å². The van der Waals surface area contributed by atoms with Crippen molar-refractivity contribution in [3.63, 3.8) is 0 Å². The van der Waals surface area contributed by atoms with Crippen LogP contribution in [0.2, 0.25) is 0 Å². The Bertz CT molecular complexity index is 686. The van der Waals surface area contributed by atoms with Crippen molar-refractivity contribution in [2.45, 2.75) is 19.9 Å². The van der Waals surface area contributed by atoms with Gasteiger partial charge in [-0.3, -0.25) is 5.84 Å². The van der Waals surface area contributed by atoms with Crippen LogP contribution in [0.25, 0.3) is 0 Å². The summed E-state index contributed by atoms with van der Waals surface area (Å²) in [5.74, 6) is 1.99. The monoisotopic (exact) mass is 298 g/mol. The highest BCUT2D eigenvalue weighted by Crippen LogP contribution is 2.30. The third-order valence-electron chi connectivity index (χ3n) is 3.36. The highest BCUT2D eigenvalue weighted by atomic mass is 19.1. The van der Waals surface area contributed by atoms with Crippen molar-refractivity contribution in [2.24, 2.45) is 5.84 Å². The fraction of sp³-hybridized carbons (Fsp3) is 0.200. The zero-order valence-electron chi connectivity index (χ0n) is 11.5. The summed E-state index contributed by atoms with van der Waals surface area (Å²) in [6.07, 6.45) is 0. The van der Waals surface area contributed by atoms with Gasteiger partial charge in [0.1, 0.15) is 23.3 Å². The Hall–Kier alpha value is -1.92. The number of nitrogens with two attached hydrogens (primary N) is 1. The Morgan fingerprint density at radius 1 is 0.905 bits per heavy atom. The second-order valence-electron chi connectivity index (χ2n) is 4.81. The van der Waals surface area contributed by atoms with Gasteiger partial charge in [-0.2, -0.15) is 0 Å². The van der Waals surface area contributed by atoms with E-state index in [-0.39, 0.29) is 16.7 Å². The SMILES string of the molecule is Cc1cc(C(NN)c2c(F)ccc(C)c2F)c(F)cc1F. The molecule has 0 aliphatic rings. The maximum absolute atomic E-state index is 14.2. The van der Waals surface area contributed by atoms with E-state index >= 15 is 0 Å². The molecule has 0 radical (unpaired) electrons. The summed E-state index contributed by atoms with van der Waals surface area (Å²) in [7, 11) is 0. The third-order valence-corrected chi connectivity index (χ3v) is 3.36. The van der Waals surface area contributed by atoms with Crippen LogP contribution in [0, 0.1) is 37.1 Å². The van der Waals surface area contributed by atoms with E-state index in [2.05, 4.69) is 5.43 Å². The van der Waals surface area contributed by atoms with Crippen molar-refractivity contribution in [2.75, 3.05) is 0 Å². The zero-order valence-corrected chi connectivity index (χ0v) is 11.5. The summed E-state index contributed by atoms with van der Waals surface area (Å²) >= 11 is 0. The van der Waals surface area contributed by atoms with Gasteiger partial charge in [0.2, 0.25) is 0 Å². The summed E-state index contributed by atoms with van der Waals surface area (Å²) in [6, 6.07) is 2.93. The minimum Gasteiger partial charge on any atom is -0.271 e. The molecule has 2 rings (SSSR count). The summed E-state index contributed by atoms with van der Waals surface area (Å²) in [4.78, 5) is 0. The maximum Gasteiger partial charge on any atom is 0.134 e. The second-order valence-corrected chi connectivity index (χ2v) is 4.81. The highest BCUT2D eigenvalue weighted by Gasteiger charge is 2.25. The molecule has 0 aliphatic heterocycles. The molecule has 21 heavy (non-hydrogen) atoms. The van der Waals surface area contributed by atoms with E-state index < -0.39 is 34.9 Å². The number of aryl methyl sites for hydroxylation is 2. The number of hydrogen-bond acceptors (Lipinski definition) is 2. The average molecular weight is 298 g/mol. The molecule has 6 heteroatoms. The van der Waals surface area contributed by atoms with Crippen molar-refractivity contribution < 1.29 is 17.6 Å². The average Bonchev–Trinajstić information content (AvgIpc) is 2.44. The van der Waals surface area contributed by atoms with Crippen LogP contribution in [0.1, 0.15) is 28.3 Å². The minimum absolute atomic E-state index is 0.125. The Balaban J connectivity index is 2.66. The topological polar surface area (TPSA) is 38.0 Å². The molecule has 0 bridgehead atoms. The lowest BCUT2D eigenvalue weighted by molar-refractivity contribution is 0.488. The standard InChI is InChI=1S/C15H14F4N2/c1-7-3-4-10(16)13(14(7)19)15(21-20)9-5-8(2)11(17)6-12(9)18/h3-6,15,21H,20H2,1-2H3. The van der Waals surface area contributed by atoms with Gasteiger partial charge >= 0.3 is 0 Å². The first-order valence-corrected chi connectivity index (χ1v) is 6.23. The molecule has 3 N–H and O–H groups in total. The lowest BCUT2D eigenvalue weighted by Crippen LogP contribution is -2.31. The van der Waals surface area contributed by atoms with Crippen LogP contribution in [0.15, 0.2) is 24.3 Å². The summed E-state index contributed by atoms with van der Waals surface area (Å²) < 4.78 is 55.3. The van der Waals surface area contributed by atoms with Gasteiger partial charge in [0, 0.05) is 17.2 Å². The van der Waals surface area contributed by atoms with Gasteiger partial charge < -0.3 is 0 Å². The number of hydrogen-bond donors (Lipinski definition) is 2. The van der Waals surface area contributed by atoms with E-state index in [4.69, 9.17) is 5.84 Å². The second kappa shape index (κ2) is 5.83. The van der Waals surface area contributed by atoms with Crippen LogP contribution in [-0.2, 0) is 0 Å². The Morgan fingerprint density at radius 3 is 2.19 bits per heavy atom. The van der Waals surface area contributed by atoms with Crippen LogP contribution < -0.4 is 11.3 Å². The molecule has 2 aromatic carbocycles. The fourth-order valence-electron chi connectivity index (χ4n) is 2.17. The van der Waals surface area contributed by atoms with Crippen molar-refractivity contribution in [1.29, 1.82) is 0 Å². The fourth-order valence-corrected chi connectivity index (χ4v) is 2.17. The van der Waals surface area contributed by atoms with E-state index in [1.807, 2.05) is 0 Å². The first kappa shape index (κ1) is 15.5. The predicted octanol–water partition coefficient (Wildman–Crippen LogP) is 3.41. The van der Waals surface area contributed by atoms with Crippen molar-refractivity contribution in [3.05, 3.63) is 69.8 Å². The molecule has 0 amide bonds. The lowest BCUT2D eigenvalue weighted by atomic mass is 9.95. The quantitative estimate of drug-likeness (QED) is 0.518. The van der Waals surface area contributed by atoms with E-state index in [0.29, 0.717) is 6.07 Å². The molecule has 0 saturated heterocycles. The molecular formula is C15H14F4N2. The van der Waals surface area contributed by atoms with Crippen LogP contribution in [0.4, 0.5) is 17.6 Å². The molecule has 0 aromatic heterocycles. The van der Waals surface area contributed by atoms with Crippen LogP contribution in [0.5, 0.6) is 0 Å². The van der Waals surface area contributed by atoms with E-state index in [9.17, 15) is 17.6 Å². The highest BCUT2D eigenvalue weighted by molar-refractivity contribution is 5.38. The molecule has 1 atom stereocenters. The first-order chi connectivity index (χ1) is 9.86. The zero-order chi connectivity index (χ0) is 15.7.